The highest BCUT2D eigenvalue weighted by Gasteiger charge is 2.36. The molecule has 1 aliphatic rings. The highest BCUT2D eigenvalue weighted by molar-refractivity contribution is 5.85. The number of benzene rings is 1. The molecule has 3 nitrogen and oxygen atoms in total. The van der Waals surface area contributed by atoms with Crippen molar-refractivity contribution in [3.63, 3.8) is 0 Å². The van der Waals surface area contributed by atoms with Crippen molar-refractivity contribution in [3.8, 4) is 0 Å². The quantitative estimate of drug-likeness (QED) is 0.894. The third-order valence-corrected chi connectivity index (χ3v) is 4.67. The van der Waals surface area contributed by atoms with E-state index < -0.39 is 5.54 Å². The van der Waals surface area contributed by atoms with Crippen molar-refractivity contribution in [2.75, 3.05) is 0 Å². The van der Waals surface area contributed by atoms with E-state index in [0.717, 1.165) is 18.4 Å². The molecule has 0 spiro atoms. The Bertz CT molecular complexity index is 495. The summed E-state index contributed by atoms with van der Waals surface area (Å²) in [5.41, 5.74) is 7.25. The number of carbonyl (C=O) groups excluding carboxylic acids is 1. The zero-order valence-electron chi connectivity index (χ0n) is 13.7. The van der Waals surface area contributed by atoms with Crippen LogP contribution in [0.15, 0.2) is 24.3 Å². The topological polar surface area (TPSA) is 55.1 Å². The molecular formula is C18H28N2O. The minimum absolute atomic E-state index is 0.112. The molecule has 0 saturated heterocycles. The SMILES string of the molecule is CC(C)(C)c1ccc(C(C)(NC2CCCC2)C(N)=O)cc1. The maximum Gasteiger partial charge on any atom is 0.242 e. The van der Waals surface area contributed by atoms with Gasteiger partial charge in [0.2, 0.25) is 5.91 Å². The number of nitrogens with two attached hydrogens (primary N) is 1. The Morgan fingerprint density at radius 3 is 1.95 bits per heavy atom. The van der Waals surface area contributed by atoms with E-state index in [1.54, 1.807) is 0 Å². The Morgan fingerprint density at radius 1 is 1.05 bits per heavy atom. The number of carbonyl (C=O) groups is 1. The van der Waals surface area contributed by atoms with Crippen molar-refractivity contribution >= 4 is 5.91 Å². The van der Waals surface area contributed by atoms with Gasteiger partial charge in [-0.05, 0) is 36.3 Å². The van der Waals surface area contributed by atoms with Crippen LogP contribution in [-0.2, 0) is 15.7 Å². The van der Waals surface area contributed by atoms with Crippen LogP contribution in [0.25, 0.3) is 0 Å². The summed E-state index contributed by atoms with van der Waals surface area (Å²) in [4.78, 5) is 12.1. The number of amides is 1. The molecule has 0 radical (unpaired) electrons. The fraction of sp³-hybridized carbons (Fsp3) is 0.611. The van der Waals surface area contributed by atoms with Gasteiger partial charge in [-0.1, -0.05) is 57.9 Å². The molecule has 1 fully saturated rings. The summed E-state index contributed by atoms with van der Waals surface area (Å²) < 4.78 is 0. The summed E-state index contributed by atoms with van der Waals surface area (Å²) in [7, 11) is 0. The highest BCUT2D eigenvalue weighted by atomic mass is 16.1. The molecule has 0 aliphatic heterocycles. The van der Waals surface area contributed by atoms with Gasteiger partial charge in [0.25, 0.3) is 0 Å². The molecule has 3 heteroatoms. The van der Waals surface area contributed by atoms with Crippen LogP contribution in [0.2, 0.25) is 0 Å². The number of hydrogen-bond donors (Lipinski definition) is 2. The van der Waals surface area contributed by atoms with Gasteiger partial charge in [0.05, 0.1) is 0 Å². The largest absolute Gasteiger partial charge is 0.368 e. The zero-order chi connectivity index (χ0) is 15.7. The minimum atomic E-state index is -0.786. The van der Waals surface area contributed by atoms with Crippen molar-refractivity contribution in [1.82, 2.24) is 5.32 Å². The molecule has 21 heavy (non-hydrogen) atoms. The van der Waals surface area contributed by atoms with Crippen LogP contribution in [0.3, 0.4) is 0 Å². The lowest BCUT2D eigenvalue weighted by Gasteiger charge is -2.32. The van der Waals surface area contributed by atoms with Gasteiger partial charge in [-0.15, -0.1) is 0 Å². The minimum Gasteiger partial charge on any atom is -0.368 e. The lowest BCUT2D eigenvalue weighted by Crippen LogP contribution is -2.53. The van der Waals surface area contributed by atoms with Crippen LogP contribution in [0.4, 0.5) is 0 Å². The summed E-state index contributed by atoms with van der Waals surface area (Å²) in [6.45, 7) is 8.46. The van der Waals surface area contributed by atoms with Crippen molar-refractivity contribution in [2.45, 2.75) is 70.4 Å². The third-order valence-electron chi connectivity index (χ3n) is 4.67. The molecule has 0 heterocycles. The van der Waals surface area contributed by atoms with Gasteiger partial charge in [0.1, 0.15) is 5.54 Å². The smallest absolute Gasteiger partial charge is 0.242 e. The number of rotatable bonds is 4. The first-order chi connectivity index (χ1) is 9.73. The Morgan fingerprint density at radius 2 is 1.52 bits per heavy atom. The molecule has 1 saturated carbocycles. The molecule has 1 unspecified atom stereocenters. The average molecular weight is 288 g/mol. The molecule has 0 aromatic heterocycles. The standard InChI is InChI=1S/C18H28N2O/c1-17(2,3)13-9-11-14(12-10-13)18(4,16(19)21)20-15-7-5-6-8-15/h9-12,15,20H,5-8H2,1-4H3,(H2,19,21). The van der Waals surface area contributed by atoms with E-state index in [1.807, 2.05) is 19.1 Å². The van der Waals surface area contributed by atoms with Crippen LogP contribution in [0.1, 0.15) is 64.5 Å². The number of nitrogens with one attached hydrogen (secondary N) is 1. The van der Waals surface area contributed by atoms with Crippen molar-refractivity contribution in [3.05, 3.63) is 35.4 Å². The molecular weight excluding hydrogens is 260 g/mol. The van der Waals surface area contributed by atoms with Crippen LogP contribution in [0.5, 0.6) is 0 Å². The fourth-order valence-corrected chi connectivity index (χ4v) is 3.08. The van der Waals surface area contributed by atoms with E-state index in [4.69, 9.17) is 5.73 Å². The highest BCUT2D eigenvalue weighted by Crippen LogP contribution is 2.29. The molecule has 1 aliphatic carbocycles. The Kier molecular flexibility index (Phi) is 4.43. The average Bonchev–Trinajstić information content (AvgIpc) is 2.90. The summed E-state index contributed by atoms with van der Waals surface area (Å²) >= 11 is 0. The Hall–Kier alpha value is -1.35. The van der Waals surface area contributed by atoms with Gasteiger partial charge in [-0.2, -0.15) is 0 Å². The normalized spacial score (nSPS) is 19.4. The van der Waals surface area contributed by atoms with E-state index in [9.17, 15) is 4.79 Å². The van der Waals surface area contributed by atoms with Gasteiger partial charge in [0, 0.05) is 6.04 Å². The molecule has 1 aromatic rings. The third kappa shape index (κ3) is 3.46. The van der Waals surface area contributed by atoms with E-state index in [-0.39, 0.29) is 11.3 Å². The second-order valence-electron chi connectivity index (χ2n) is 7.44. The second-order valence-corrected chi connectivity index (χ2v) is 7.44. The van der Waals surface area contributed by atoms with Crippen LogP contribution in [0, 0.1) is 0 Å². The molecule has 1 atom stereocenters. The lowest BCUT2D eigenvalue weighted by atomic mass is 9.83. The fourth-order valence-electron chi connectivity index (χ4n) is 3.08. The van der Waals surface area contributed by atoms with Crippen LogP contribution < -0.4 is 11.1 Å². The van der Waals surface area contributed by atoms with E-state index >= 15 is 0 Å². The predicted octanol–water partition coefficient (Wildman–Crippen LogP) is 3.22. The molecule has 1 aromatic carbocycles. The number of hydrogen-bond acceptors (Lipinski definition) is 2. The lowest BCUT2D eigenvalue weighted by molar-refractivity contribution is -0.124. The van der Waals surface area contributed by atoms with E-state index in [1.165, 1.54) is 18.4 Å². The van der Waals surface area contributed by atoms with Gasteiger partial charge >= 0.3 is 0 Å². The van der Waals surface area contributed by atoms with Gasteiger partial charge in [-0.25, -0.2) is 0 Å². The summed E-state index contributed by atoms with van der Waals surface area (Å²) in [5, 5.41) is 3.49. The predicted molar refractivity (Wildman–Crippen MR) is 87.1 cm³/mol. The maximum absolute atomic E-state index is 12.1. The van der Waals surface area contributed by atoms with E-state index in [0.29, 0.717) is 6.04 Å². The zero-order valence-corrected chi connectivity index (χ0v) is 13.7. The van der Waals surface area contributed by atoms with Crippen molar-refractivity contribution in [2.24, 2.45) is 5.73 Å². The number of primary amides is 1. The van der Waals surface area contributed by atoms with Crippen molar-refractivity contribution < 1.29 is 4.79 Å². The molecule has 0 bridgehead atoms. The van der Waals surface area contributed by atoms with Gasteiger partial charge < -0.3 is 5.73 Å². The monoisotopic (exact) mass is 288 g/mol. The van der Waals surface area contributed by atoms with Crippen molar-refractivity contribution in [1.29, 1.82) is 0 Å². The first-order valence-corrected chi connectivity index (χ1v) is 7.92. The summed E-state index contributed by atoms with van der Waals surface area (Å²) in [6.07, 6.45) is 4.72. The van der Waals surface area contributed by atoms with Gasteiger partial charge in [0.15, 0.2) is 0 Å². The van der Waals surface area contributed by atoms with Gasteiger partial charge in [-0.3, -0.25) is 10.1 Å². The molecule has 2 rings (SSSR count). The molecule has 3 N–H and O–H groups in total. The Balaban J connectivity index is 2.27. The second kappa shape index (κ2) is 5.80. The first-order valence-electron chi connectivity index (χ1n) is 7.92. The maximum atomic E-state index is 12.1. The van der Waals surface area contributed by atoms with Crippen LogP contribution in [-0.4, -0.2) is 11.9 Å². The molecule has 116 valence electrons. The summed E-state index contributed by atoms with van der Waals surface area (Å²) in [5.74, 6) is -0.307. The van der Waals surface area contributed by atoms with E-state index in [2.05, 4.69) is 38.2 Å². The molecule has 1 amide bonds. The Labute approximate surface area is 128 Å². The summed E-state index contributed by atoms with van der Waals surface area (Å²) in [6, 6.07) is 8.67. The van der Waals surface area contributed by atoms with Crippen LogP contribution >= 0.6 is 0 Å². The first kappa shape index (κ1) is 16.0.